The normalized spacial score (nSPS) is 10.7. The average molecular weight is 274 g/mol. The van der Waals surface area contributed by atoms with Gasteiger partial charge in [-0.05, 0) is 31.2 Å². The van der Waals surface area contributed by atoms with Gasteiger partial charge in [0, 0.05) is 12.1 Å². The standard InChI is InChI=1S/C13H10N2O5/c1-9-2-7-12(19-9)8-14-20-13(16)10-3-5-11(6-4-10)15(17)18/h2-8H,1H3/b14-8+. The van der Waals surface area contributed by atoms with Crippen LogP contribution >= 0.6 is 0 Å². The summed E-state index contributed by atoms with van der Waals surface area (Å²) >= 11 is 0. The Bertz CT molecular complexity index is 658. The first-order valence-corrected chi connectivity index (χ1v) is 5.62. The van der Waals surface area contributed by atoms with Crippen LogP contribution in [0.1, 0.15) is 21.9 Å². The number of benzene rings is 1. The van der Waals surface area contributed by atoms with Crippen LogP contribution in [0.25, 0.3) is 0 Å². The Hall–Kier alpha value is -2.96. The van der Waals surface area contributed by atoms with E-state index in [1.165, 1.54) is 30.5 Å². The molecule has 0 amide bonds. The van der Waals surface area contributed by atoms with Crippen molar-refractivity contribution in [2.75, 3.05) is 0 Å². The summed E-state index contributed by atoms with van der Waals surface area (Å²) in [6.07, 6.45) is 1.26. The fraction of sp³-hybridized carbons (Fsp3) is 0.0769. The second-order valence-corrected chi connectivity index (χ2v) is 3.87. The molecule has 1 heterocycles. The molecule has 0 aliphatic rings. The monoisotopic (exact) mass is 274 g/mol. The molecule has 0 aliphatic heterocycles. The average Bonchev–Trinajstić information content (AvgIpc) is 2.84. The van der Waals surface area contributed by atoms with Crippen molar-refractivity contribution in [2.24, 2.45) is 5.16 Å². The first-order chi connectivity index (χ1) is 9.56. The topological polar surface area (TPSA) is 94.9 Å². The molecule has 20 heavy (non-hydrogen) atoms. The molecular weight excluding hydrogens is 264 g/mol. The molecule has 0 saturated carbocycles. The van der Waals surface area contributed by atoms with E-state index in [1.807, 2.05) is 0 Å². The van der Waals surface area contributed by atoms with Crippen LogP contribution in [0.5, 0.6) is 0 Å². The minimum atomic E-state index is -0.709. The van der Waals surface area contributed by atoms with Gasteiger partial charge in [-0.25, -0.2) is 4.79 Å². The molecule has 0 saturated heterocycles. The summed E-state index contributed by atoms with van der Waals surface area (Å²) in [5.74, 6) is 0.464. The van der Waals surface area contributed by atoms with Crippen molar-refractivity contribution in [3.8, 4) is 0 Å². The summed E-state index contributed by atoms with van der Waals surface area (Å²) in [6.45, 7) is 1.78. The molecule has 7 heteroatoms. The molecule has 2 aromatic rings. The van der Waals surface area contributed by atoms with Gasteiger partial charge >= 0.3 is 5.97 Å². The Balaban J connectivity index is 1.98. The maximum atomic E-state index is 11.6. The summed E-state index contributed by atoms with van der Waals surface area (Å²) < 4.78 is 5.20. The van der Waals surface area contributed by atoms with Crippen molar-refractivity contribution < 1.29 is 19.0 Å². The number of hydrogen-bond donors (Lipinski definition) is 0. The molecule has 0 atom stereocenters. The number of non-ortho nitro benzene ring substituents is 1. The predicted molar refractivity (Wildman–Crippen MR) is 69.6 cm³/mol. The third kappa shape index (κ3) is 3.29. The first-order valence-electron chi connectivity index (χ1n) is 5.62. The third-order valence-corrected chi connectivity index (χ3v) is 2.39. The second kappa shape index (κ2) is 5.79. The largest absolute Gasteiger partial charge is 0.460 e. The molecule has 0 radical (unpaired) electrons. The van der Waals surface area contributed by atoms with E-state index in [-0.39, 0.29) is 11.3 Å². The van der Waals surface area contributed by atoms with Gasteiger partial charge < -0.3 is 9.25 Å². The lowest BCUT2D eigenvalue weighted by atomic mass is 10.2. The maximum absolute atomic E-state index is 11.6. The van der Waals surface area contributed by atoms with E-state index >= 15 is 0 Å². The highest BCUT2D eigenvalue weighted by molar-refractivity contribution is 5.90. The van der Waals surface area contributed by atoms with Crippen LogP contribution in [0.4, 0.5) is 5.69 Å². The highest BCUT2D eigenvalue weighted by atomic mass is 16.7. The SMILES string of the molecule is Cc1ccc(/C=N/OC(=O)c2ccc([N+](=O)[O-])cc2)o1. The van der Waals surface area contributed by atoms with Gasteiger partial charge in [-0.1, -0.05) is 5.16 Å². The van der Waals surface area contributed by atoms with E-state index in [1.54, 1.807) is 19.1 Å². The Labute approximate surface area is 113 Å². The van der Waals surface area contributed by atoms with Crippen LogP contribution in [0, 0.1) is 17.0 Å². The summed E-state index contributed by atoms with van der Waals surface area (Å²) in [4.78, 5) is 26.1. The fourth-order valence-corrected chi connectivity index (χ4v) is 1.42. The number of hydrogen-bond acceptors (Lipinski definition) is 6. The number of aryl methyl sites for hydroxylation is 1. The van der Waals surface area contributed by atoms with Crippen LogP contribution in [0.2, 0.25) is 0 Å². The smallest absolute Gasteiger partial charge is 0.365 e. The molecule has 7 nitrogen and oxygen atoms in total. The Kier molecular flexibility index (Phi) is 3.90. The van der Waals surface area contributed by atoms with E-state index < -0.39 is 10.9 Å². The Morgan fingerprint density at radius 1 is 1.30 bits per heavy atom. The molecular formula is C13H10N2O5. The van der Waals surface area contributed by atoms with Crippen LogP contribution in [0.3, 0.4) is 0 Å². The van der Waals surface area contributed by atoms with Crippen LogP contribution in [-0.2, 0) is 4.84 Å². The number of rotatable bonds is 4. The van der Waals surface area contributed by atoms with E-state index in [0.717, 1.165) is 0 Å². The highest BCUT2D eigenvalue weighted by Crippen LogP contribution is 2.12. The van der Waals surface area contributed by atoms with Crippen molar-refractivity contribution in [1.82, 2.24) is 0 Å². The quantitative estimate of drug-likeness (QED) is 0.369. The molecule has 0 N–H and O–H groups in total. The molecule has 2 rings (SSSR count). The highest BCUT2D eigenvalue weighted by Gasteiger charge is 2.10. The molecule has 1 aromatic heterocycles. The molecule has 0 spiro atoms. The number of carbonyl (C=O) groups is 1. The summed E-state index contributed by atoms with van der Waals surface area (Å²) in [6, 6.07) is 8.46. The molecule has 0 bridgehead atoms. The number of oxime groups is 1. The van der Waals surface area contributed by atoms with Gasteiger partial charge in [0.15, 0.2) is 0 Å². The number of nitro benzene ring substituents is 1. The van der Waals surface area contributed by atoms with Crippen molar-refractivity contribution in [3.05, 3.63) is 63.6 Å². The van der Waals surface area contributed by atoms with E-state index in [4.69, 9.17) is 4.42 Å². The predicted octanol–water partition coefficient (Wildman–Crippen LogP) is 2.69. The van der Waals surface area contributed by atoms with Crippen molar-refractivity contribution >= 4 is 17.9 Å². The van der Waals surface area contributed by atoms with Gasteiger partial charge in [0.1, 0.15) is 17.7 Å². The first kappa shape index (κ1) is 13.5. The lowest BCUT2D eigenvalue weighted by molar-refractivity contribution is -0.384. The minimum absolute atomic E-state index is 0.101. The van der Waals surface area contributed by atoms with E-state index in [0.29, 0.717) is 11.5 Å². The molecule has 0 unspecified atom stereocenters. The second-order valence-electron chi connectivity index (χ2n) is 3.87. The summed E-state index contributed by atoms with van der Waals surface area (Å²) in [5.41, 5.74) is 0.0690. The van der Waals surface area contributed by atoms with Crippen molar-refractivity contribution in [1.29, 1.82) is 0 Å². The number of nitrogens with zero attached hydrogens (tertiary/aromatic N) is 2. The summed E-state index contributed by atoms with van der Waals surface area (Å²) in [7, 11) is 0. The third-order valence-electron chi connectivity index (χ3n) is 2.39. The fourth-order valence-electron chi connectivity index (χ4n) is 1.42. The molecule has 102 valence electrons. The van der Waals surface area contributed by atoms with Gasteiger partial charge in [-0.3, -0.25) is 10.1 Å². The van der Waals surface area contributed by atoms with E-state index in [2.05, 4.69) is 9.99 Å². The molecule has 1 aromatic carbocycles. The Morgan fingerprint density at radius 3 is 2.55 bits per heavy atom. The van der Waals surface area contributed by atoms with Gasteiger partial charge in [-0.15, -0.1) is 0 Å². The van der Waals surface area contributed by atoms with Crippen LogP contribution < -0.4 is 0 Å². The zero-order valence-electron chi connectivity index (χ0n) is 10.5. The van der Waals surface area contributed by atoms with Crippen molar-refractivity contribution in [3.63, 3.8) is 0 Å². The maximum Gasteiger partial charge on any atom is 0.365 e. The van der Waals surface area contributed by atoms with Crippen LogP contribution in [-0.4, -0.2) is 17.1 Å². The van der Waals surface area contributed by atoms with Gasteiger partial charge in [0.05, 0.1) is 10.5 Å². The van der Waals surface area contributed by atoms with E-state index in [9.17, 15) is 14.9 Å². The van der Waals surface area contributed by atoms with Crippen LogP contribution in [0.15, 0.2) is 46.0 Å². The Morgan fingerprint density at radius 2 is 2.00 bits per heavy atom. The van der Waals surface area contributed by atoms with Gasteiger partial charge in [0.25, 0.3) is 5.69 Å². The van der Waals surface area contributed by atoms with Gasteiger partial charge in [-0.2, -0.15) is 0 Å². The zero-order valence-corrected chi connectivity index (χ0v) is 10.5. The minimum Gasteiger partial charge on any atom is -0.460 e. The molecule has 0 fully saturated rings. The number of nitro groups is 1. The number of furan rings is 1. The van der Waals surface area contributed by atoms with Crippen molar-refractivity contribution in [2.45, 2.75) is 6.92 Å². The lowest BCUT2D eigenvalue weighted by Gasteiger charge is -1.97. The lowest BCUT2D eigenvalue weighted by Crippen LogP contribution is -2.01. The zero-order chi connectivity index (χ0) is 14.5. The molecule has 0 aliphatic carbocycles. The number of carbonyl (C=O) groups excluding carboxylic acids is 1. The van der Waals surface area contributed by atoms with Gasteiger partial charge in [0.2, 0.25) is 0 Å². The summed E-state index contributed by atoms with van der Waals surface area (Å²) in [5, 5.41) is 14.0.